The molecular formula is C15H28N2O2. The number of likely N-dealkylation sites (tertiary alicyclic amines) is 1. The molecule has 1 saturated carbocycles. The van der Waals surface area contributed by atoms with Crippen molar-refractivity contribution in [3.05, 3.63) is 0 Å². The molecule has 2 fully saturated rings. The molecule has 2 unspecified atom stereocenters. The Labute approximate surface area is 116 Å². The third-order valence-corrected chi connectivity index (χ3v) is 4.59. The summed E-state index contributed by atoms with van der Waals surface area (Å²) in [4.78, 5) is 14.2. The molecule has 0 bridgehead atoms. The predicted octanol–water partition coefficient (Wildman–Crippen LogP) is 1.39. The zero-order valence-corrected chi connectivity index (χ0v) is 12.1. The Hall–Kier alpha value is -0.610. The van der Waals surface area contributed by atoms with Gasteiger partial charge in [0.2, 0.25) is 5.91 Å². The molecule has 1 aliphatic carbocycles. The quantitative estimate of drug-likeness (QED) is 0.810. The predicted molar refractivity (Wildman–Crippen MR) is 75.8 cm³/mol. The van der Waals surface area contributed by atoms with Gasteiger partial charge >= 0.3 is 0 Å². The van der Waals surface area contributed by atoms with Crippen molar-refractivity contribution in [2.45, 2.75) is 51.6 Å². The van der Waals surface area contributed by atoms with E-state index in [0.29, 0.717) is 12.5 Å². The van der Waals surface area contributed by atoms with E-state index >= 15 is 0 Å². The maximum atomic E-state index is 11.9. The van der Waals surface area contributed by atoms with E-state index in [1.54, 1.807) is 0 Å². The van der Waals surface area contributed by atoms with E-state index in [-0.39, 0.29) is 12.0 Å². The van der Waals surface area contributed by atoms with Crippen molar-refractivity contribution in [1.82, 2.24) is 10.2 Å². The largest absolute Gasteiger partial charge is 0.393 e. The highest BCUT2D eigenvalue weighted by Crippen LogP contribution is 2.23. The number of rotatable bonds is 4. The second-order valence-corrected chi connectivity index (χ2v) is 6.45. The maximum Gasteiger partial charge on any atom is 0.234 e. The Morgan fingerprint density at radius 3 is 2.68 bits per heavy atom. The van der Waals surface area contributed by atoms with Crippen molar-refractivity contribution < 1.29 is 9.90 Å². The number of nitrogens with zero attached hydrogens (tertiary/aromatic N) is 1. The molecule has 0 aromatic heterocycles. The van der Waals surface area contributed by atoms with E-state index in [1.807, 2.05) is 0 Å². The summed E-state index contributed by atoms with van der Waals surface area (Å²) in [6.45, 7) is 5.67. The third-order valence-electron chi connectivity index (χ3n) is 4.59. The van der Waals surface area contributed by atoms with Gasteiger partial charge in [-0.2, -0.15) is 0 Å². The Bertz CT molecular complexity index is 288. The average Bonchev–Trinajstić information content (AvgIpc) is 2.39. The molecule has 1 heterocycles. The Balaban J connectivity index is 1.61. The van der Waals surface area contributed by atoms with Gasteiger partial charge in [-0.05, 0) is 57.0 Å². The molecule has 1 amide bonds. The van der Waals surface area contributed by atoms with Crippen molar-refractivity contribution in [2.24, 2.45) is 11.8 Å². The summed E-state index contributed by atoms with van der Waals surface area (Å²) in [7, 11) is 0. The minimum atomic E-state index is -0.153. The highest BCUT2D eigenvalue weighted by Gasteiger charge is 2.21. The number of nitrogens with one attached hydrogen (secondary N) is 1. The van der Waals surface area contributed by atoms with Gasteiger partial charge in [0.05, 0.1) is 12.6 Å². The van der Waals surface area contributed by atoms with Crippen LogP contribution < -0.4 is 5.32 Å². The van der Waals surface area contributed by atoms with Crippen LogP contribution in [0.3, 0.4) is 0 Å². The van der Waals surface area contributed by atoms with Crippen LogP contribution in [0.25, 0.3) is 0 Å². The Morgan fingerprint density at radius 2 is 2.00 bits per heavy atom. The molecule has 0 radical (unpaired) electrons. The van der Waals surface area contributed by atoms with Crippen LogP contribution in [-0.4, -0.2) is 48.2 Å². The molecule has 2 rings (SSSR count). The molecule has 19 heavy (non-hydrogen) atoms. The number of hydrogen-bond donors (Lipinski definition) is 2. The van der Waals surface area contributed by atoms with Crippen LogP contribution in [0.5, 0.6) is 0 Å². The van der Waals surface area contributed by atoms with E-state index in [2.05, 4.69) is 17.1 Å². The second kappa shape index (κ2) is 7.25. The second-order valence-electron chi connectivity index (χ2n) is 6.45. The van der Waals surface area contributed by atoms with Crippen LogP contribution >= 0.6 is 0 Å². The molecule has 2 aliphatic rings. The van der Waals surface area contributed by atoms with E-state index in [1.165, 1.54) is 12.8 Å². The number of amides is 1. The Morgan fingerprint density at radius 1 is 1.26 bits per heavy atom. The lowest BCUT2D eigenvalue weighted by molar-refractivity contribution is -0.122. The number of aliphatic hydroxyl groups excluding tert-OH is 1. The van der Waals surface area contributed by atoms with Gasteiger partial charge in [0.25, 0.3) is 0 Å². The van der Waals surface area contributed by atoms with E-state index in [9.17, 15) is 9.90 Å². The zero-order chi connectivity index (χ0) is 13.7. The van der Waals surface area contributed by atoms with Gasteiger partial charge in [0.1, 0.15) is 0 Å². The first-order chi connectivity index (χ1) is 9.13. The number of carbonyl (C=O) groups is 1. The van der Waals surface area contributed by atoms with Crippen molar-refractivity contribution in [3.8, 4) is 0 Å². The molecule has 110 valence electrons. The van der Waals surface area contributed by atoms with Crippen LogP contribution in [0.2, 0.25) is 0 Å². The lowest BCUT2D eigenvalue weighted by Gasteiger charge is -2.30. The average molecular weight is 268 g/mol. The molecule has 2 N–H and O–H groups in total. The summed E-state index contributed by atoms with van der Waals surface area (Å²) in [5, 5.41) is 12.6. The molecule has 2 atom stereocenters. The van der Waals surface area contributed by atoms with Gasteiger partial charge in [-0.15, -0.1) is 0 Å². The number of carbonyl (C=O) groups excluding carboxylic acids is 1. The summed E-state index contributed by atoms with van der Waals surface area (Å²) in [5.41, 5.74) is 0. The highest BCUT2D eigenvalue weighted by atomic mass is 16.3. The molecule has 1 aliphatic heterocycles. The van der Waals surface area contributed by atoms with Crippen molar-refractivity contribution >= 4 is 5.91 Å². The van der Waals surface area contributed by atoms with Crippen molar-refractivity contribution in [3.63, 3.8) is 0 Å². The minimum Gasteiger partial charge on any atom is -0.393 e. The number of piperidine rings is 1. The fourth-order valence-electron chi connectivity index (χ4n) is 3.19. The smallest absolute Gasteiger partial charge is 0.234 e. The van der Waals surface area contributed by atoms with Crippen molar-refractivity contribution in [2.75, 3.05) is 26.2 Å². The molecule has 1 saturated heterocycles. The van der Waals surface area contributed by atoms with Gasteiger partial charge in [-0.1, -0.05) is 13.3 Å². The van der Waals surface area contributed by atoms with Crippen LogP contribution in [0.4, 0.5) is 0 Å². The van der Waals surface area contributed by atoms with Crippen LogP contribution in [0.15, 0.2) is 0 Å². The fourth-order valence-corrected chi connectivity index (χ4v) is 3.19. The molecule has 4 heteroatoms. The minimum absolute atomic E-state index is 0.148. The van der Waals surface area contributed by atoms with E-state index in [4.69, 9.17) is 0 Å². The molecule has 4 nitrogen and oxygen atoms in total. The van der Waals surface area contributed by atoms with Crippen LogP contribution in [-0.2, 0) is 4.79 Å². The number of aliphatic hydroxyl groups is 1. The normalized spacial score (nSPS) is 30.2. The third kappa shape index (κ3) is 5.11. The van der Waals surface area contributed by atoms with Crippen molar-refractivity contribution in [1.29, 1.82) is 0 Å². The zero-order valence-electron chi connectivity index (χ0n) is 12.1. The fraction of sp³-hybridized carbons (Fsp3) is 0.933. The summed E-state index contributed by atoms with van der Waals surface area (Å²) in [6.07, 6.45) is 6.27. The van der Waals surface area contributed by atoms with Crippen LogP contribution in [0, 0.1) is 11.8 Å². The van der Waals surface area contributed by atoms with Crippen LogP contribution in [0.1, 0.15) is 45.4 Å². The molecule has 0 aromatic carbocycles. The topological polar surface area (TPSA) is 52.6 Å². The van der Waals surface area contributed by atoms with Gasteiger partial charge < -0.3 is 10.4 Å². The first-order valence-corrected chi connectivity index (χ1v) is 7.80. The van der Waals surface area contributed by atoms with Gasteiger partial charge in [-0.3, -0.25) is 9.69 Å². The monoisotopic (exact) mass is 268 g/mol. The van der Waals surface area contributed by atoms with Gasteiger partial charge in [0.15, 0.2) is 0 Å². The molecule has 0 spiro atoms. The summed E-state index contributed by atoms with van der Waals surface area (Å²) in [6, 6.07) is 0. The number of hydrogen-bond acceptors (Lipinski definition) is 3. The lowest BCUT2D eigenvalue weighted by atomic mass is 9.87. The standard InChI is InChI=1S/C15H28N2O2/c1-12-5-7-17(8-6-12)11-15(19)16-10-13-3-2-4-14(18)9-13/h12-14,18H,2-11H2,1H3,(H,16,19). The van der Waals surface area contributed by atoms with Gasteiger partial charge in [0, 0.05) is 6.54 Å². The van der Waals surface area contributed by atoms with E-state index < -0.39 is 0 Å². The maximum absolute atomic E-state index is 11.9. The SMILES string of the molecule is CC1CCN(CC(=O)NCC2CCCC(O)C2)CC1. The summed E-state index contributed by atoms with van der Waals surface area (Å²) in [5.74, 6) is 1.42. The highest BCUT2D eigenvalue weighted by molar-refractivity contribution is 5.78. The first-order valence-electron chi connectivity index (χ1n) is 7.80. The lowest BCUT2D eigenvalue weighted by Crippen LogP contribution is -2.42. The molecular weight excluding hydrogens is 240 g/mol. The Kier molecular flexibility index (Phi) is 5.64. The van der Waals surface area contributed by atoms with E-state index in [0.717, 1.165) is 51.2 Å². The first kappa shape index (κ1) is 14.8. The summed E-state index contributed by atoms with van der Waals surface area (Å²) >= 11 is 0. The molecule has 0 aromatic rings. The summed E-state index contributed by atoms with van der Waals surface area (Å²) < 4.78 is 0. The van der Waals surface area contributed by atoms with Gasteiger partial charge in [-0.25, -0.2) is 0 Å².